The number of phosphoric ester groups is 1. The van der Waals surface area contributed by atoms with Gasteiger partial charge in [-0.2, -0.15) is 0 Å². The van der Waals surface area contributed by atoms with Crippen LogP contribution in [0.2, 0.25) is 0 Å². The minimum Gasteiger partial charge on any atom is -0.462 e. The van der Waals surface area contributed by atoms with E-state index in [0.717, 1.165) is 96.3 Å². The van der Waals surface area contributed by atoms with Crippen LogP contribution in [0.4, 0.5) is 0 Å². The molecule has 0 radical (unpaired) electrons. The molecule has 84 heavy (non-hydrogen) atoms. The summed E-state index contributed by atoms with van der Waals surface area (Å²) < 4.78 is 33.1. The van der Waals surface area contributed by atoms with E-state index in [1.54, 1.807) is 0 Å². The molecule has 2 atom stereocenters. The van der Waals surface area contributed by atoms with Crippen molar-refractivity contribution in [1.82, 2.24) is 0 Å². The lowest BCUT2D eigenvalue weighted by molar-refractivity contribution is -0.161. The van der Waals surface area contributed by atoms with Crippen molar-refractivity contribution in [2.45, 2.75) is 309 Å². The van der Waals surface area contributed by atoms with Crippen molar-refractivity contribution in [3.05, 3.63) is 122 Å². The monoisotopic (exact) mass is 1190 g/mol. The maximum atomic E-state index is 12.7. The van der Waals surface area contributed by atoms with Crippen molar-refractivity contribution >= 4 is 19.8 Å². The van der Waals surface area contributed by atoms with Gasteiger partial charge in [0.2, 0.25) is 0 Å². The number of esters is 2. The molecule has 0 aliphatic heterocycles. The Hall–Kier alpha value is -3.59. The molecule has 0 saturated heterocycles. The molecule has 10 heteroatoms. The van der Waals surface area contributed by atoms with Gasteiger partial charge in [-0.05, 0) is 89.9 Å². The van der Waals surface area contributed by atoms with Crippen LogP contribution in [0.25, 0.3) is 0 Å². The molecule has 0 aliphatic rings. The molecular formula is C74H128NO8P. The average Bonchev–Trinajstić information content (AvgIpc) is 3.55. The van der Waals surface area contributed by atoms with Gasteiger partial charge in [0.05, 0.1) is 13.2 Å². The van der Waals surface area contributed by atoms with E-state index < -0.39 is 32.5 Å². The summed E-state index contributed by atoms with van der Waals surface area (Å²) in [6.07, 6.45) is 95.8. The number of ether oxygens (including phenoxy) is 2. The first-order valence-electron chi connectivity index (χ1n) is 34.5. The van der Waals surface area contributed by atoms with E-state index in [9.17, 15) is 19.0 Å². The SMILES string of the molecule is CC/C=C\C/C=C\C/C=C\C/C=C\C/C=C\C/C=C\C/C=C\C/C=C\C/C=C\C/C=C\CCCCC(=O)OC(COC(=O)CCCCCCCCCCCCCCCCCCCCCCCCCCCCCCCC)COP(=O)(O)OCCN. The van der Waals surface area contributed by atoms with E-state index >= 15 is 0 Å². The van der Waals surface area contributed by atoms with Crippen LogP contribution in [0.3, 0.4) is 0 Å². The number of phosphoric acid groups is 1. The zero-order chi connectivity index (χ0) is 60.9. The Morgan fingerprint density at radius 2 is 0.655 bits per heavy atom. The van der Waals surface area contributed by atoms with Crippen LogP contribution in [0.5, 0.6) is 0 Å². The predicted octanol–water partition coefficient (Wildman–Crippen LogP) is 22.7. The lowest BCUT2D eigenvalue weighted by Crippen LogP contribution is -2.29. The van der Waals surface area contributed by atoms with E-state index in [0.29, 0.717) is 6.42 Å². The summed E-state index contributed by atoms with van der Waals surface area (Å²) in [5, 5.41) is 0. The molecule has 0 aromatic carbocycles. The van der Waals surface area contributed by atoms with Crippen LogP contribution >= 0.6 is 7.82 Å². The Morgan fingerprint density at radius 1 is 0.369 bits per heavy atom. The molecule has 3 N–H and O–H groups in total. The number of hydrogen-bond donors (Lipinski definition) is 2. The van der Waals surface area contributed by atoms with Gasteiger partial charge in [-0.25, -0.2) is 4.57 Å². The van der Waals surface area contributed by atoms with E-state index in [4.69, 9.17) is 24.3 Å². The first-order valence-corrected chi connectivity index (χ1v) is 36.0. The first-order chi connectivity index (χ1) is 41.3. The number of allylic oxidation sites excluding steroid dienone is 20. The topological polar surface area (TPSA) is 134 Å². The summed E-state index contributed by atoms with van der Waals surface area (Å²) in [6, 6.07) is 0. The zero-order valence-corrected chi connectivity index (χ0v) is 55.0. The van der Waals surface area contributed by atoms with Gasteiger partial charge in [-0.1, -0.05) is 322 Å². The maximum Gasteiger partial charge on any atom is 0.472 e. The maximum absolute atomic E-state index is 12.7. The van der Waals surface area contributed by atoms with E-state index in [1.807, 2.05) is 0 Å². The highest BCUT2D eigenvalue weighted by Gasteiger charge is 2.26. The highest BCUT2D eigenvalue weighted by molar-refractivity contribution is 7.47. The quantitative estimate of drug-likeness (QED) is 0.0264. The largest absolute Gasteiger partial charge is 0.472 e. The molecule has 0 spiro atoms. The van der Waals surface area contributed by atoms with Crippen molar-refractivity contribution in [2.75, 3.05) is 26.4 Å². The van der Waals surface area contributed by atoms with Crippen molar-refractivity contribution in [3.8, 4) is 0 Å². The van der Waals surface area contributed by atoms with Gasteiger partial charge < -0.3 is 20.1 Å². The molecule has 482 valence electrons. The second kappa shape index (κ2) is 68.5. The summed E-state index contributed by atoms with van der Waals surface area (Å²) in [6.45, 7) is 3.61. The van der Waals surface area contributed by atoms with Gasteiger partial charge in [0.15, 0.2) is 6.10 Å². The van der Waals surface area contributed by atoms with Gasteiger partial charge in [-0.15, -0.1) is 0 Å². The molecule has 0 fully saturated rings. The van der Waals surface area contributed by atoms with Crippen LogP contribution in [0.15, 0.2) is 122 Å². The predicted molar refractivity (Wildman–Crippen MR) is 362 cm³/mol. The van der Waals surface area contributed by atoms with Crippen LogP contribution in [0.1, 0.15) is 303 Å². The third kappa shape index (κ3) is 67.5. The van der Waals surface area contributed by atoms with Crippen molar-refractivity contribution < 1.29 is 37.6 Å². The fraction of sp³-hybridized carbons (Fsp3) is 0.703. The van der Waals surface area contributed by atoms with E-state index in [2.05, 4.69) is 135 Å². The number of nitrogens with two attached hydrogens (primary N) is 1. The minimum atomic E-state index is -4.41. The number of carbonyl (C=O) groups excluding carboxylic acids is 2. The van der Waals surface area contributed by atoms with Gasteiger partial charge in [-0.3, -0.25) is 18.6 Å². The zero-order valence-electron chi connectivity index (χ0n) is 54.1. The minimum absolute atomic E-state index is 0.0411. The summed E-state index contributed by atoms with van der Waals surface area (Å²) >= 11 is 0. The number of carbonyl (C=O) groups is 2. The van der Waals surface area contributed by atoms with Crippen LogP contribution in [-0.4, -0.2) is 49.3 Å². The van der Waals surface area contributed by atoms with Crippen molar-refractivity contribution in [3.63, 3.8) is 0 Å². The highest BCUT2D eigenvalue weighted by Crippen LogP contribution is 2.43. The van der Waals surface area contributed by atoms with Gasteiger partial charge in [0, 0.05) is 19.4 Å². The number of unbranched alkanes of at least 4 members (excludes halogenated alkanes) is 31. The Balaban J connectivity index is 4.00. The lowest BCUT2D eigenvalue weighted by Gasteiger charge is -2.19. The molecule has 0 aliphatic carbocycles. The molecule has 2 unspecified atom stereocenters. The van der Waals surface area contributed by atoms with Crippen LogP contribution < -0.4 is 5.73 Å². The lowest BCUT2D eigenvalue weighted by atomic mass is 10.0. The van der Waals surface area contributed by atoms with Gasteiger partial charge in [0.25, 0.3) is 0 Å². The highest BCUT2D eigenvalue weighted by atomic mass is 31.2. The molecule has 0 rings (SSSR count). The first kappa shape index (κ1) is 80.4. The normalized spacial score (nSPS) is 13.7. The second-order valence-electron chi connectivity index (χ2n) is 22.7. The standard InChI is InChI=1S/C74H128NO8P/c1-3-5-7-9-11-13-15-17-19-21-23-25-27-29-31-33-35-36-37-39-41-43-45-47-49-51-53-55-57-59-61-63-65-67-74(77)83-72(71-82-84(78,79)81-69-68-75)70-80-73(76)66-64-62-60-58-56-54-52-50-48-46-44-42-40-38-34-32-30-28-26-24-22-20-18-16-14-12-10-8-6-4-2/h5,7,11,13,17,19,23,25,29,31,35-36,39,41,45,47,51,53,57,59,72H,3-4,6,8-10,12,14-16,18,20-22,24,26-28,30,32-34,37-38,40,42-44,46,48-50,52,54-56,58,60-71,75H2,1-2H3,(H,78,79)/b7-5-,13-11-,19-17-,25-23-,31-29-,36-35-,41-39-,47-45-,53-51-,59-57-. The number of hydrogen-bond acceptors (Lipinski definition) is 8. The van der Waals surface area contributed by atoms with E-state index in [1.165, 1.54) is 173 Å². The summed E-state index contributed by atoms with van der Waals surface area (Å²) in [7, 11) is -4.41. The molecule has 0 bridgehead atoms. The Morgan fingerprint density at radius 3 is 0.976 bits per heavy atom. The fourth-order valence-electron chi connectivity index (χ4n) is 9.55. The van der Waals surface area contributed by atoms with Gasteiger partial charge >= 0.3 is 19.8 Å². The summed E-state index contributed by atoms with van der Waals surface area (Å²) in [5.74, 6) is -0.876. The summed E-state index contributed by atoms with van der Waals surface area (Å²) in [4.78, 5) is 35.3. The molecular weight excluding hydrogens is 1060 g/mol. The average molecular weight is 1190 g/mol. The second-order valence-corrected chi connectivity index (χ2v) is 24.1. The van der Waals surface area contributed by atoms with E-state index in [-0.39, 0.29) is 32.6 Å². The van der Waals surface area contributed by atoms with Crippen LogP contribution in [0, 0.1) is 0 Å². The van der Waals surface area contributed by atoms with Gasteiger partial charge in [0.1, 0.15) is 6.61 Å². The molecule has 0 aromatic heterocycles. The smallest absolute Gasteiger partial charge is 0.462 e. The molecule has 0 saturated carbocycles. The third-order valence-corrected chi connectivity index (χ3v) is 15.6. The molecule has 9 nitrogen and oxygen atoms in total. The van der Waals surface area contributed by atoms with Crippen molar-refractivity contribution in [2.24, 2.45) is 5.73 Å². The third-order valence-electron chi connectivity index (χ3n) is 14.6. The summed E-state index contributed by atoms with van der Waals surface area (Å²) in [5.41, 5.74) is 5.39. The Kier molecular flexibility index (Phi) is 65.6. The Bertz CT molecular complexity index is 1790. The molecule has 0 amide bonds. The molecule has 0 aromatic rings. The number of rotatable bonds is 64. The Labute approximate surface area is 517 Å². The molecule has 0 heterocycles. The fourth-order valence-corrected chi connectivity index (χ4v) is 10.3. The van der Waals surface area contributed by atoms with Crippen LogP contribution in [-0.2, 0) is 32.7 Å². The van der Waals surface area contributed by atoms with Crippen molar-refractivity contribution in [1.29, 1.82) is 0 Å².